The maximum atomic E-state index is 5.40. The van der Waals surface area contributed by atoms with E-state index in [9.17, 15) is 0 Å². The van der Waals surface area contributed by atoms with Gasteiger partial charge in [-0.05, 0) is 36.4 Å². The van der Waals surface area contributed by atoms with Crippen LogP contribution in [0.15, 0.2) is 42.5 Å². The second-order valence-corrected chi connectivity index (χ2v) is 4.66. The fourth-order valence-corrected chi connectivity index (χ4v) is 2.11. The summed E-state index contributed by atoms with van der Waals surface area (Å²) in [4.78, 5) is 0.630. The summed E-state index contributed by atoms with van der Waals surface area (Å²) in [5, 5.41) is 3.18. The summed E-state index contributed by atoms with van der Waals surface area (Å²) in [6, 6.07) is 13.1. The molecule has 0 atom stereocenters. The van der Waals surface area contributed by atoms with Crippen LogP contribution in [0.1, 0.15) is 5.56 Å². The van der Waals surface area contributed by atoms with Gasteiger partial charge in [0.25, 0.3) is 0 Å². The molecular weight excluding hydrogens is 286 g/mol. The molecule has 0 aromatic heterocycles. The van der Waals surface area contributed by atoms with Crippen LogP contribution in [0.2, 0.25) is 0 Å². The molecule has 0 unspecified atom stereocenters. The SMILES string of the molecule is COc1ccc(C(=S)Nc2ccc(OC)c(OC)c2)cc1. The minimum atomic E-state index is 0.630. The van der Waals surface area contributed by atoms with Crippen molar-refractivity contribution >= 4 is 22.9 Å². The maximum Gasteiger partial charge on any atom is 0.162 e. The molecule has 0 saturated heterocycles. The van der Waals surface area contributed by atoms with Crippen LogP contribution in [0.5, 0.6) is 17.2 Å². The summed E-state index contributed by atoms with van der Waals surface area (Å²) < 4.78 is 15.6. The minimum Gasteiger partial charge on any atom is -0.497 e. The van der Waals surface area contributed by atoms with Crippen molar-refractivity contribution in [2.75, 3.05) is 26.6 Å². The summed E-state index contributed by atoms with van der Waals surface area (Å²) in [7, 11) is 4.84. The minimum absolute atomic E-state index is 0.630. The van der Waals surface area contributed by atoms with Crippen molar-refractivity contribution in [3.05, 3.63) is 48.0 Å². The first-order chi connectivity index (χ1) is 10.2. The molecule has 4 nitrogen and oxygen atoms in total. The number of thiocarbonyl (C=S) groups is 1. The van der Waals surface area contributed by atoms with Gasteiger partial charge in [0.1, 0.15) is 10.7 Å². The first kappa shape index (κ1) is 15.1. The molecule has 5 heteroatoms. The van der Waals surface area contributed by atoms with Gasteiger partial charge < -0.3 is 19.5 Å². The second-order valence-electron chi connectivity index (χ2n) is 4.25. The Labute approximate surface area is 129 Å². The van der Waals surface area contributed by atoms with E-state index in [0.29, 0.717) is 16.5 Å². The third-order valence-electron chi connectivity index (χ3n) is 2.99. The van der Waals surface area contributed by atoms with Gasteiger partial charge in [0.15, 0.2) is 11.5 Å². The normalized spacial score (nSPS) is 9.86. The molecule has 21 heavy (non-hydrogen) atoms. The highest BCUT2D eigenvalue weighted by atomic mass is 32.1. The summed E-state index contributed by atoms with van der Waals surface area (Å²) in [6.07, 6.45) is 0. The zero-order valence-corrected chi connectivity index (χ0v) is 13.0. The number of ether oxygens (including phenoxy) is 3. The lowest BCUT2D eigenvalue weighted by Crippen LogP contribution is -2.10. The fourth-order valence-electron chi connectivity index (χ4n) is 1.86. The van der Waals surface area contributed by atoms with Crippen LogP contribution in [0.3, 0.4) is 0 Å². The first-order valence-corrected chi connectivity index (χ1v) is 6.76. The zero-order chi connectivity index (χ0) is 15.2. The number of methoxy groups -OCH3 is 3. The van der Waals surface area contributed by atoms with Crippen molar-refractivity contribution in [2.24, 2.45) is 0 Å². The smallest absolute Gasteiger partial charge is 0.162 e. The first-order valence-electron chi connectivity index (χ1n) is 6.35. The van der Waals surface area contributed by atoms with Crippen LogP contribution in [-0.2, 0) is 0 Å². The molecule has 0 fully saturated rings. The average Bonchev–Trinajstić information content (AvgIpc) is 2.54. The molecule has 0 amide bonds. The van der Waals surface area contributed by atoms with Crippen LogP contribution in [0.25, 0.3) is 0 Å². The molecule has 110 valence electrons. The average molecular weight is 303 g/mol. The molecule has 2 rings (SSSR count). The lowest BCUT2D eigenvalue weighted by atomic mass is 10.2. The second kappa shape index (κ2) is 6.95. The molecule has 1 N–H and O–H groups in total. The Hall–Kier alpha value is -2.27. The van der Waals surface area contributed by atoms with E-state index < -0.39 is 0 Å². The van der Waals surface area contributed by atoms with E-state index in [2.05, 4.69) is 5.32 Å². The van der Waals surface area contributed by atoms with Crippen LogP contribution in [0.4, 0.5) is 5.69 Å². The highest BCUT2D eigenvalue weighted by molar-refractivity contribution is 7.81. The Bertz CT molecular complexity index is 626. The summed E-state index contributed by atoms with van der Waals surface area (Å²) in [6.45, 7) is 0. The van der Waals surface area contributed by atoms with Crippen LogP contribution in [-0.4, -0.2) is 26.3 Å². The van der Waals surface area contributed by atoms with E-state index in [1.807, 2.05) is 42.5 Å². The maximum absolute atomic E-state index is 5.40. The number of anilines is 1. The summed E-state index contributed by atoms with van der Waals surface area (Å²) in [5.74, 6) is 2.13. The monoisotopic (exact) mass is 303 g/mol. The number of rotatable bonds is 5. The predicted molar refractivity (Wildman–Crippen MR) is 87.9 cm³/mol. The molecule has 0 heterocycles. The van der Waals surface area contributed by atoms with Crippen molar-refractivity contribution in [3.8, 4) is 17.2 Å². The van der Waals surface area contributed by atoms with Gasteiger partial charge in [0.05, 0.1) is 21.3 Å². The van der Waals surface area contributed by atoms with Gasteiger partial charge in [-0.1, -0.05) is 12.2 Å². The molecule has 2 aromatic rings. The molecule has 0 radical (unpaired) electrons. The van der Waals surface area contributed by atoms with Gasteiger partial charge in [0.2, 0.25) is 0 Å². The number of nitrogens with one attached hydrogen (secondary N) is 1. The highest BCUT2D eigenvalue weighted by Gasteiger charge is 2.07. The van der Waals surface area contributed by atoms with Gasteiger partial charge in [-0.15, -0.1) is 0 Å². The third kappa shape index (κ3) is 3.64. The van der Waals surface area contributed by atoms with Gasteiger partial charge in [-0.3, -0.25) is 0 Å². The summed E-state index contributed by atoms with van der Waals surface area (Å²) >= 11 is 5.40. The van der Waals surface area contributed by atoms with Crippen LogP contribution >= 0.6 is 12.2 Å². The quantitative estimate of drug-likeness (QED) is 0.856. The van der Waals surface area contributed by atoms with Crippen molar-refractivity contribution in [1.29, 1.82) is 0 Å². The molecular formula is C16H17NO3S. The van der Waals surface area contributed by atoms with Gasteiger partial charge >= 0.3 is 0 Å². The van der Waals surface area contributed by atoms with Crippen molar-refractivity contribution in [3.63, 3.8) is 0 Å². The Morgan fingerprint density at radius 2 is 1.52 bits per heavy atom. The molecule has 0 bridgehead atoms. The molecule has 0 aliphatic carbocycles. The van der Waals surface area contributed by atoms with Crippen molar-refractivity contribution in [2.45, 2.75) is 0 Å². The molecule has 0 saturated carbocycles. The lowest BCUT2D eigenvalue weighted by molar-refractivity contribution is 0.355. The standard InChI is InChI=1S/C16H17NO3S/c1-18-13-7-4-11(5-8-13)16(21)17-12-6-9-14(19-2)15(10-12)20-3/h4-10H,1-3H3,(H,17,21). The molecule has 0 spiro atoms. The fraction of sp³-hybridized carbons (Fsp3) is 0.188. The topological polar surface area (TPSA) is 39.7 Å². The number of benzene rings is 2. The van der Waals surface area contributed by atoms with E-state index >= 15 is 0 Å². The zero-order valence-electron chi connectivity index (χ0n) is 12.2. The van der Waals surface area contributed by atoms with Gasteiger partial charge in [-0.25, -0.2) is 0 Å². The lowest BCUT2D eigenvalue weighted by Gasteiger charge is -2.12. The largest absolute Gasteiger partial charge is 0.497 e. The Morgan fingerprint density at radius 1 is 0.857 bits per heavy atom. The molecule has 2 aromatic carbocycles. The van der Waals surface area contributed by atoms with Crippen molar-refractivity contribution in [1.82, 2.24) is 0 Å². The summed E-state index contributed by atoms with van der Waals surface area (Å²) in [5.41, 5.74) is 1.76. The highest BCUT2D eigenvalue weighted by Crippen LogP contribution is 2.30. The number of hydrogen-bond donors (Lipinski definition) is 1. The van der Waals surface area contributed by atoms with E-state index in [1.165, 1.54) is 0 Å². The third-order valence-corrected chi connectivity index (χ3v) is 3.33. The van der Waals surface area contributed by atoms with E-state index in [1.54, 1.807) is 21.3 Å². The Balaban J connectivity index is 2.14. The van der Waals surface area contributed by atoms with Crippen molar-refractivity contribution < 1.29 is 14.2 Å². The molecule has 0 aliphatic heterocycles. The van der Waals surface area contributed by atoms with Gasteiger partial charge in [0, 0.05) is 17.3 Å². The molecule has 0 aliphatic rings. The number of hydrogen-bond acceptors (Lipinski definition) is 4. The van der Waals surface area contributed by atoms with Crippen LogP contribution < -0.4 is 19.5 Å². The van der Waals surface area contributed by atoms with Gasteiger partial charge in [-0.2, -0.15) is 0 Å². The van der Waals surface area contributed by atoms with E-state index in [0.717, 1.165) is 17.0 Å². The van der Waals surface area contributed by atoms with Crippen LogP contribution in [0, 0.1) is 0 Å². The van der Waals surface area contributed by atoms with E-state index in [4.69, 9.17) is 26.4 Å². The Kier molecular flexibility index (Phi) is 5.00. The van der Waals surface area contributed by atoms with E-state index in [-0.39, 0.29) is 0 Å². The Morgan fingerprint density at radius 3 is 2.10 bits per heavy atom. The predicted octanol–water partition coefficient (Wildman–Crippen LogP) is 3.50.